The zero-order valence-electron chi connectivity index (χ0n) is 14.8. The van der Waals surface area contributed by atoms with Crippen LogP contribution in [0.25, 0.3) is 0 Å². The first-order valence-corrected chi connectivity index (χ1v) is 8.32. The molecule has 0 saturated carbocycles. The maximum atomic E-state index is 9.85. The molecule has 0 unspecified atom stereocenters. The van der Waals surface area contributed by atoms with E-state index in [2.05, 4.69) is 36.9 Å². The first kappa shape index (κ1) is 21.6. The van der Waals surface area contributed by atoms with Crippen LogP contribution >= 0.6 is 39.9 Å². The van der Waals surface area contributed by atoms with Crippen molar-refractivity contribution in [3.8, 4) is 11.5 Å². The van der Waals surface area contributed by atoms with E-state index < -0.39 is 0 Å². The number of hydrogen-bond donors (Lipinski definition) is 2. The van der Waals surface area contributed by atoms with Crippen molar-refractivity contribution in [2.45, 2.75) is 13.1 Å². The minimum atomic E-state index is 0. The lowest BCUT2D eigenvalue weighted by Gasteiger charge is -2.22. The van der Waals surface area contributed by atoms with E-state index >= 15 is 0 Å². The molecular formula is C17H24BrIN4O2. The fraction of sp³-hybridized carbons (Fsp3) is 0.353. The summed E-state index contributed by atoms with van der Waals surface area (Å²) in [6.45, 7) is 1.29. The van der Waals surface area contributed by atoms with Crippen LogP contribution < -0.4 is 10.1 Å². The van der Waals surface area contributed by atoms with E-state index in [0.29, 0.717) is 12.3 Å². The number of ether oxygens (including phenoxy) is 1. The van der Waals surface area contributed by atoms with Crippen molar-refractivity contribution < 1.29 is 9.84 Å². The number of aliphatic imine (C=N–C) groups is 1. The number of hydrogen-bond acceptors (Lipinski definition) is 3. The second-order valence-corrected chi connectivity index (χ2v) is 6.44. The lowest BCUT2D eigenvalue weighted by molar-refractivity contribution is 0.373. The second-order valence-electron chi connectivity index (χ2n) is 5.52. The van der Waals surface area contributed by atoms with Crippen LogP contribution in [-0.2, 0) is 20.1 Å². The average Bonchev–Trinajstić information content (AvgIpc) is 2.85. The van der Waals surface area contributed by atoms with Crippen LogP contribution in [-0.4, -0.2) is 41.7 Å². The Hall–Kier alpha value is -1.42. The van der Waals surface area contributed by atoms with Crippen LogP contribution in [0, 0.1) is 0 Å². The number of guanidine groups is 1. The molecule has 2 aromatic rings. The molecule has 6 nitrogen and oxygen atoms in total. The van der Waals surface area contributed by atoms with Crippen LogP contribution in [0.2, 0.25) is 0 Å². The third-order valence-electron chi connectivity index (χ3n) is 3.74. The number of nitrogens with zero attached hydrogens (tertiary/aromatic N) is 3. The van der Waals surface area contributed by atoms with Crippen molar-refractivity contribution >= 4 is 45.9 Å². The molecule has 138 valence electrons. The summed E-state index contributed by atoms with van der Waals surface area (Å²) in [5.74, 6) is 1.38. The number of benzene rings is 1. The lowest BCUT2D eigenvalue weighted by atomic mass is 10.2. The zero-order valence-corrected chi connectivity index (χ0v) is 18.7. The molecule has 1 aromatic carbocycles. The van der Waals surface area contributed by atoms with Gasteiger partial charge in [0, 0.05) is 44.1 Å². The van der Waals surface area contributed by atoms with E-state index in [-0.39, 0.29) is 29.7 Å². The summed E-state index contributed by atoms with van der Waals surface area (Å²) in [5.41, 5.74) is 2.12. The molecule has 0 amide bonds. The van der Waals surface area contributed by atoms with E-state index in [0.717, 1.165) is 22.5 Å². The minimum absolute atomic E-state index is 0. The van der Waals surface area contributed by atoms with Gasteiger partial charge >= 0.3 is 0 Å². The van der Waals surface area contributed by atoms with Gasteiger partial charge in [0.1, 0.15) is 0 Å². The summed E-state index contributed by atoms with van der Waals surface area (Å²) in [7, 11) is 7.29. The average molecular weight is 523 g/mol. The molecule has 0 aliphatic heterocycles. The number of methoxy groups -OCH3 is 1. The molecule has 0 spiro atoms. The van der Waals surface area contributed by atoms with Gasteiger partial charge in [-0.2, -0.15) is 0 Å². The third-order valence-corrected chi connectivity index (χ3v) is 4.17. The fourth-order valence-electron chi connectivity index (χ4n) is 2.45. The van der Waals surface area contributed by atoms with Crippen molar-refractivity contribution in [3.63, 3.8) is 0 Å². The van der Waals surface area contributed by atoms with Gasteiger partial charge in [0.25, 0.3) is 0 Å². The van der Waals surface area contributed by atoms with Crippen molar-refractivity contribution in [2.24, 2.45) is 12.0 Å². The molecule has 0 radical (unpaired) electrons. The quantitative estimate of drug-likeness (QED) is 0.359. The summed E-state index contributed by atoms with van der Waals surface area (Å²) in [6.07, 6.45) is 2.03. The second kappa shape index (κ2) is 9.91. The Kier molecular flexibility index (Phi) is 8.57. The molecule has 0 aliphatic carbocycles. The first-order chi connectivity index (χ1) is 11.4. The fourth-order valence-corrected chi connectivity index (χ4v) is 3.02. The van der Waals surface area contributed by atoms with Gasteiger partial charge in [-0.1, -0.05) is 6.07 Å². The predicted octanol–water partition coefficient (Wildman–Crippen LogP) is 3.33. The number of halogens is 2. The van der Waals surface area contributed by atoms with Crippen molar-refractivity contribution in [3.05, 3.63) is 46.2 Å². The van der Waals surface area contributed by atoms with Gasteiger partial charge in [-0.05, 0) is 39.7 Å². The highest BCUT2D eigenvalue weighted by Gasteiger charge is 2.10. The zero-order chi connectivity index (χ0) is 17.7. The highest BCUT2D eigenvalue weighted by Crippen LogP contribution is 2.26. The Bertz CT molecular complexity index is 733. The van der Waals surface area contributed by atoms with Crippen molar-refractivity contribution in [1.29, 1.82) is 0 Å². The summed E-state index contributed by atoms with van der Waals surface area (Å²) in [6, 6.07) is 7.44. The van der Waals surface area contributed by atoms with Gasteiger partial charge in [-0.25, -0.2) is 0 Å². The summed E-state index contributed by atoms with van der Waals surface area (Å²) in [5, 5.41) is 13.1. The number of aromatic nitrogens is 1. The highest BCUT2D eigenvalue weighted by molar-refractivity contribution is 14.0. The molecule has 0 bridgehead atoms. The Labute approximate surface area is 174 Å². The molecule has 2 N–H and O–H groups in total. The molecule has 2 rings (SSSR count). The Balaban J connectivity index is 0.00000312. The molecule has 0 saturated heterocycles. The Morgan fingerprint density at radius 1 is 1.40 bits per heavy atom. The number of nitrogens with one attached hydrogen (secondary N) is 1. The number of rotatable bonds is 5. The molecule has 0 atom stereocenters. The van der Waals surface area contributed by atoms with Gasteiger partial charge in [0.2, 0.25) is 0 Å². The topological polar surface area (TPSA) is 62.0 Å². The number of aryl methyl sites for hydroxylation is 1. The lowest BCUT2D eigenvalue weighted by Crippen LogP contribution is -2.38. The smallest absolute Gasteiger partial charge is 0.194 e. The first-order valence-electron chi connectivity index (χ1n) is 7.53. The number of phenols is 1. The van der Waals surface area contributed by atoms with Crippen molar-refractivity contribution in [2.75, 3.05) is 21.2 Å². The minimum Gasteiger partial charge on any atom is -0.504 e. The molecule has 25 heavy (non-hydrogen) atoms. The van der Waals surface area contributed by atoms with Crippen LogP contribution in [0.4, 0.5) is 0 Å². The molecular weight excluding hydrogens is 499 g/mol. The van der Waals surface area contributed by atoms with Gasteiger partial charge in [-0.3, -0.25) is 4.99 Å². The van der Waals surface area contributed by atoms with E-state index in [1.807, 2.05) is 31.3 Å². The Morgan fingerprint density at radius 2 is 2.12 bits per heavy atom. The third kappa shape index (κ3) is 5.81. The maximum absolute atomic E-state index is 9.85. The summed E-state index contributed by atoms with van der Waals surface area (Å²) in [4.78, 5) is 6.36. The monoisotopic (exact) mass is 522 g/mol. The van der Waals surface area contributed by atoms with E-state index in [1.54, 1.807) is 19.2 Å². The van der Waals surface area contributed by atoms with E-state index in [1.165, 1.54) is 12.8 Å². The van der Waals surface area contributed by atoms with Crippen LogP contribution in [0.3, 0.4) is 0 Å². The molecule has 1 heterocycles. The highest BCUT2D eigenvalue weighted by atomic mass is 127. The Morgan fingerprint density at radius 3 is 2.64 bits per heavy atom. The van der Waals surface area contributed by atoms with Gasteiger partial charge < -0.3 is 24.6 Å². The molecule has 0 fully saturated rings. The SMILES string of the molecule is CN=C(NCc1ccc(OC)c(O)c1)N(C)Cc1cc(Br)cn1C.I. The predicted molar refractivity (Wildman–Crippen MR) is 115 cm³/mol. The van der Waals surface area contributed by atoms with Crippen LogP contribution in [0.1, 0.15) is 11.3 Å². The van der Waals surface area contributed by atoms with Crippen LogP contribution in [0.15, 0.2) is 39.9 Å². The molecule has 0 aliphatic rings. The molecule has 8 heteroatoms. The summed E-state index contributed by atoms with van der Waals surface area (Å²) >= 11 is 3.49. The van der Waals surface area contributed by atoms with Crippen molar-refractivity contribution in [1.82, 2.24) is 14.8 Å². The maximum Gasteiger partial charge on any atom is 0.194 e. The number of phenolic OH excluding ortho intramolecular Hbond substituents is 1. The van der Waals surface area contributed by atoms with Gasteiger partial charge in [0.05, 0.1) is 13.7 Å². The largest absolute Gasteiger partial charge is 0.504 e. The van der Waals surface area contributed by atoms with Gasteiger partial charge in [-0.15, -0.1) is 24.0 Å². The normalized spacial score (nSPS) is 11.0. The van der Waals surface area contributed by atoms with Gasteiger partial charge in [0.15, 0.2) is 17.5 Å². The van der Waals surface area contributed by atoms with Crippen LogP contribution in [0.5, 0.6) is 11.5 Å². The van der Waals surface area contributed by atoms with E-state index in [4.69, 9.17) is 4.74 Å². The summed E-state index contributed by atoms with van der Waals surface area (Å²) < 4.78 is 8.19. The molecule has 1 aromatic heterocycles. The van der Waals surface area contributed by atoms with E-state index in [9.17, 15) is 5.11 Å². The number of aromatic hydroxyl groups is 1. The standard InChI is InChI=1S/C17H23BrN4O2.HI/c1-19-17(22(3)11-14-8-13(18)10-21(14)2)20-9-12-5-6-16(24-4)15(23)7-12;/h5-8,10,23H,9,11H2,1-4H3,(H,19,20);1H.